The minimum absolute atomic E-state index is 0.302. The van der Waals surface area contributed by atoms with Crippen LogP contribution in [0, 0.1) is 5.92 Å². The number of hydrogen-bond donors (Lipinski definition) is 4. The minimum atomic E-state index is -1.40. The number of amides is 2. The Hall–Kier alpha value is -3.53. The standard InChI is InChI=1S/C24H33N3O7/c1-14(2)17-8-5-16(6-9-17)7-12-21(31)34-24(33)18(10-11-20(29)30)26-23(32)22(15(3)4)27-19(28)13-25/h5-9,12,14-15,18,22H,10-11,13,25H2,1-4H3,(H,26,32)(H,27,28)(H,29,30)/b12-7+. The van der Waals surface area contributed by atoms with Crippen molar-refractivity contribution in [3.05, 3.63) is 41.5 Å². The van der Waals surface area contributed by atoms with Crippen molar-refractivity contribution in [2.75, 3.05) is 6.54 Å². The van der Waals surface area contributed by atoms with E-state index in [0.717, 1.165) is 17.2 Å². The summed E-state index contributed by atoms with van der Waals surface area (Å²) >= 11 is 0. The molecule has 0 aliphatic heterocycles. The fourth-order valence-electron chi connectivity index (χ4n) is 2.91. The van der Waals surface area contributed by atoms with E-state index in [2.05, 4.69) is 24.5 Å². The molecule has 2 atom stereocenters. The third-order valence-electron chi connectivity index (χ3n) is 4.92. The van der Waals surface area contributed by atoms with E-state index < -0.39 is 48.2 Å². The summed E-state index contributed by atoms with van der Waals surface area (Å²) in [6, 6.07) is 5.07. The summed E-state index contributed by atoms with van der Waals surface area (Å²) in [5.41, 5.74) is 7.13. The lowest BCUT2D eigenvalue weighted by atomic mass is 10.0. The Morgan fingerprint density at radius 2 is 1.65 bits per heavy atom. The zero-order valence-corrected chi connectivity index (χ0v) is 19.9. The number of rotatable bonds is 12. The Kier molecular flexibility index (Phi) is 11.6. The summed E-state index contributed by atoms with van der Waals surface area (Å²) in [4.78, 5) is 59.9. The fourth-order valence-corrected chi connectivity index (χ4v) is 2.91. The van der Waals surface area contributed by atoms with Crippen LogP contribution >= 0.6 is 0 Å². The highest BCUT2D eigenvalue weighted by atomic mass is 16.6. The predicted molar refractivity (Wildman–Crippen MR) is 125 cm³/mol. The summed E-state index contributed by atoms with van der Waals surface area (Å²) in [6.45, 7) is 7.13. The highest BCUT2D eigenvalue weighted by Gasteiger charge is 2.30. The first kappa shape index (κ1) is 28.5. The van der Waals surface area contributed by atoms with Crippen molar-refractivity contribution < 1.29 is 33.8 Å². The van der Waals surface area contributed by atoms with Crippen molar-refractivity contribution in [1.29, 1.82) is 0 Å². The molecule has 2 unspecified atom stereocenters. The second kappa shape index (κ2) is 13.9. The second-order valence-electron chi connectivity index (χ2n) is 8.38. The SMILES string of the molecule is CC(C)c1ccc(/C=C/C(=O)OC(=O)C(CCC(=O)O)NC(=O)C(NC(=O)CN)C(C)C)cc1. The maximum absolute atomic E-state index is 12.6. The van der Waals surface area contributed by atoms with E-state index in [0.29, 0.717) is 5.92 Å². The minimum Gasteiger partial charge on any atom is -0.481 e. The molecular formula is C24H33N3O7. The average Bonchev–Trinajstić information content (AvgIpc) is 2.78. The predicted octanol–water partition coefficient (Wildman–Crippen LogP) is 1.34. The number of ether oxygens (including phenoxy) is 1. The van der Waals surface area contributed by atoms with Gasteiger partial charge in [-0.2, -0.15) is 0 Å². The molecule has 1 aromatic carbocycles. The van der Waals surface area contributed by atoms with Gasteiger partial charge in [0.05, 0.1) is 6.54 Å². The molecule has 0 saturated heterocycles. The van der Waals surface area contributed by atoms with E-state index in [1.165, 1.54) is 6.08 Å². The lowest BCUT2D eigenvalue weighted by molar-refractivity contribution is -0.159. The number of carboxylic acid groups (broad SMARTS) is 1. The average molecular weight is 476 g/mol. The van der Waals surface area contributed by atoms with E-state index >= 15 is 0 Å². The maximum Gasteiger partial charge on any atom is 0.338 e. The Bertz CT molecular complexity index is 908. The molecule has 10 nitrogen and oxygen atoms in total. The van der Waals surface area contributed by atoms with E-state index in [4.69, 9.17) is 15.6 Å². The van der Waals surface area contributed by atoms with E-state index in [1.54, 1.807) is 13.8 Å². The second-order valence-corrected chi connectivity index (χ2v) is 8.38. The smallest absolute Gasteiger partial charge is 0.338 e. The van der Waals surface area contributed by atoms with Crippen molar-refractivity contribution >= 4 is 35.8 Å². The number of carboxylic acids is 1. The highest BCUT2D eigenvalue weighted by molar-refractivity contribution is 5.98. The summed E-state index contributed by atoms with van der Waals surface area (Å²) in [5.74, 6) is -4.55. The van der Waals surface area contributed by atoms with Crippen LogP contribution in [0.4, 0.5) is 0 Å². The van der Waals surface area contributed by atoms with Crippen LogP contribution in [0.2, 0.25) is 0 Å². The topological polar surface area (TPSA) is 165 Å². The Balaban J connectivity index is 2.87. The maximum atomic E-state index is 12.6. The van der Waals surface area contributed by atoms with Gasteiger partial charge in [0.2, 0.25) is 11.8 Å². The number of carbonyl (C=O) groups excluding carboxylic acids is 4. The van der Waals surface area contributed by atoms with E-state index in [-0.39, 0.29) is 18.9 Å². The molecule has 1 aromatic rings. The van der Waals surface area contributed by atoms with Gasteiger partial charge in [-0.3, -0.25) is 14.4 Å². The number of nitrogens with one attached hydrogen (secondary N) is 2. The fraction of sp³-hybridized carbons (Fsp3) is 0.458. The summed E-state index contributed by atoms with van der Waals surface area (Å²) in [7, 11) is 0. The van der Waals surface area contributed by atoms with Crippen molar-refractivity contribution in [2.24, 2.45) is 11.7 Å². The highest BCUT2D eigenvalue weighted by Crippen LogP contribution is 2.15. The molecule has 5 N–H and O–H groups in total. The van der Waals surface area contributed by atoms with Crippen molar-refractivity contribution in [1.82, 2.24) is 10.6 Å². The molecule has 0 aliphatic rings. The van der Waals surface area contributed by atoms with Crippen LogP contribution in [0.1, 0.15) is 57.6 Å². The molecule has 10 heteroatoms. The molecule has 0 aliphatic carbocycles. The molecule has 1 rings (SSSR count). The van der Waals surface area contributed by atoms with Gasteiger partial charge >= 0.3 is 17.9 Å². The first-order valence-electron chi connectivity index (χ1n) is 11.0. The molecule has 0 aromatic heterocycles. The normalized spacial score (nSPS) is 12.9. The van der Waals surface area contributed by atoms with Gasteiger partial charge in [0.1, 0.15) is 12.1 Å². The number of aliphatic carboxylic acids is 1. The zero-order valence-electron chi connectivity index (χ0n) is 19.9. The summed E-state index contributed by atoms with van der Waals surface area (Å²) < 4.78 is 4.79. The molecule has 34 heavy (non-hydrogen) atoms. The molecule has 0 heterocycles. The first-order valence-corrected chi connectivity index (χ1v) is 11.0. The van der Waals surface area contributed by atoms with Gasteiger partial charge in [0.15, 0.2) is 0 Å². The van der Waals surface area contributed by atoms with Crippen LogP contribution in [-0.2, 0) is 28.7 Å². The van der Waals surface area contributed by atoms with Gasteiger partial charge in [-0.25, -0.2) is 9.59 Å². The van der Waals surface area contributed by atoms with Gasteiger partial charge in [-0.1, -0.05) is 52.0 Å². The Labute approximate surface area is 198 Å². The van der Waals surface area contributed by atoms with E-state index in [9.17, 15) is 24.0 Å². The summed E-state index contributed by atoms with van der Waals surface area (Å²) in [5, 5.41) is 13.8. The Morgan fingerprint density at radius 3 is 2.15 bits per heavy atom. The molecule has 186 valence electrons. The van der Waals surface area contributed by atoms with Crippen molar-refractivity contribution in [3.8, 4) is 0 Å². The van der Waals surface area contributed by atoms with Gasteiger partial charge in [0, 0.05) is 12.5 Å². The van der Waals surface area contributed by atoms with Crippen LogP contribution < -0.4 is 16.4 Å². The van der Waals surface area contributed by atoms with Gasteiger partial charge < -0.3 is 26.2 Å². The van der Waals surface area contributed by atoms with Gasteiger partial charge in [-0.15, -0.1) is 0 Å². The molecule has 2 amide bonds. The molecule has 0 radical (unpaired) electrons. The molecular weight excluding hydrogens is 442 g/mol. The first-order chi connectivity index (χ1) is 15.9. The monoisotopic (exact) mass is 475 g/mol. The number of esters is 2. The lowest BCUT2D eigenvalue weighted by Gasteiger charge is -2.24. The molecule has 0 spiro atoms. The number of benzene rings is 1. The molecule has 0 fully saturated rings. The van der Waals surface area contributed by atoms with E-state index in [1.807, 2.05) is 24.3 Å². The largest absolute Gasteiger partial charge is 0.481 e. The number of hydrogen-bond acceptors (Lipinski definition) is 7. The molecule has 0 saturated carbocycles. The lowest BCUT2D eigenvalue weighted by Crippen LogP contribution is -2.55. The third kappa shape index (κ3) is 9.95. The quantitative estimate of drug-likeness (QED) is 0.200. The Morgan fingerprint density at radius 1 is 1.03 bits per heavy atom. The van der Waals surface area contributed by atoms with Crippen LogP contribution in [0.15, 0.2) is 30.3 Å². The zero-order chi connectivity index (χ0) is 25.8. The number of nitrogens with two attached hydrogens (primary N) is 1. The van der Waals surface area contributed by atoms with Gasteiger partial charge in [0.25, 0.3) is 0 Å². The molecule has 0 bridgehead atoms. The van der Waals surface area contributed by atoms with Crippen LogP contribution in [0.5, 0.6) is 0 Å². The number of carbonyl (C=O) groups is 5. The third-order valence-corrected chi connectivity index (χ3v) is 4.92. The van der Waals surface area contributed by atoms with Crippen molar-refractivity contribution in [3.63, 3.8) is 0 Å². The van der Waals surface area contributed by atoms with Crippen LogP contribution in [0.25, 0.3) is 6.08 Å². The van der Waals surface area contributed by atoms with Crippen LogP contribution in [-0.4, -0.2) is 53.5 Å². The van der Waals surface area contributed by atoms with Crippen LogP contribution in [0.3, 0.4) is 0 Å². The van der Waals surface area contributed by atoms with Crippen molar-refractivity contribution in [2.45, 2.75) is 58.5 Å². The summed E-state index contributed by atoms with van der Waals surface area (Å²) in [6.07, 6.45) is 1.79. The van der Waals surface area contributed by atoms with Gasteiger partial charge in [-0.05, 0) is 35.5 Å².